The van der Waals surface area contributed by atoms with Gasteiger partial charge in [0.25, 0.3) is 5.91 Å². The molecule has 2 aromatic rings. The van der Waals surface area contributed by atoms with Crippen LogP contribution < -0.4 is 4.74 Å². The highest BCUT2D eigenvalue weighted by atomic mass is 16.5. The number of hydrogen-bond donors (Lipinski definition) is 1. The largest absolute Gasteiger partial charge is 0.480 e. The van der Waals surface area contributed by atoms with E-state index < -0.39 is 0 Å². The second kappa shape index (κ2) is 5.90. The third kappa shape index (κ3) is 2.36. The minimum Gasteiger partial charge on any atom is -0.480 e. The first-order chi connectivity index (χ1) is 11.7. The summed E-state index contributed by atoms with van der Waals surface area (Å²) < 4.78 is 7.13. The van der Waals surface area contributed by atoms with Crippen LogP contribution in [0.2, 0.25) is 0 Å². The molecule has 0 saturated heterocycles. The molecule has 126 valence electrons. The van der Waals surface area contributed by atoms with Crippen LogP contribution in [0.3, 0.4) is 0 Å². The Labute approximate surface area is 139 Å². The SMILES string of the molecule is COc1nc2c(cc1C(=O)N1Cc3cnn(CCO)c3C1)CCC2. The van der Waals surface area contributed by atoms with Gasteiger partial charge in [0.2, 0.25) is 5.88 Å². The molecule has 1 aliphatic carbocycles. The van der Waals surface area contributed by atoms with Gasteiger partial charge in [-0.1, -0.05) is 0 Å². The molecule has 0 bridgehead atoms. The monoisotopic (exact) mass is 328 g/mol. The fourth-order valence-electron chi connectivity index (χ4n) is 3.57. The molecule has 0 spiro atoms. The minimum absolute atomic E-state index is 0.0324. The molecule has 0 saturated carbocycles. The molecule has 3 heterocycles. The minimum atomic E-state index is -0.0687. The van der Waals surface area contributed by atoms with Crippen molar-refractivity contribution in [3.8, 4) is 5.88 Å². The number of rotatable bonds is 4. The topological polar surface area (TPSA) is 80.5 Å². The lowest BCUT2D eigenvalue weighted by Crippen LogP contribution is -2.27. The average Bonchev–Trinajstić information content (AvgIpc) is 3.29. The van der Waals surface area contributed by atoms with Crippen molar-refractivity contribution in [2.75, 3.05) is 13.7 Å². The normalized spacial score (nSPS) is 15.5. The number of carbonyl (C=O) groups is 1. The molecule has 2 aromatic heterocycles. The predicted octanol–water partition coefficient (Wildman–Crippen LogP) is 0.924. The van der Waals surface area contributed by atoms with E-state index >= 15 is 0 Å². The highest BCUT2D eigenvalue weighted by Gasteiger charge is 2.30. The van der Waals surface area contributed by atoms with Crippen LogP contribution in [0.5, 0.6) is 5.88 Å². The van der Waals surface area contributed by atoms with Gasteiger partial charge in [-0.2, -0.15) is 5.10 Å². The van der Waals surface area contributed by atoms with Gasteiger partial charge in [-0.25, -0.2) is 4.98 Å². The summed E-state index contributed by atoms with van der Waals surface area (Å²) in [5.74, 6) is 0.342. The first-order valence-corrected chi connectivity index (χ1v) is 8.21. The third-order valence-electron chi connectivity index (χ3n) is 4.78. The second-order valence-electron chi connectivity index (χ2n) is 6.23. The standard InChI is InChI=1S/C17H20N4O3/c1-24-16-13(7-11-3-2-4-14(11)19-16)17(23)20-9-12-8-18-21(5-6-22)15(12)10-20/h7-8,22H,2-6,9-10H2,1H3. The molecule has 2 aliphatic rings. The van der Waals surface area contributed by atoms with E-state index in [1.807, 2.05) is 6.07 Å². The number of pyridine rings is 1. The van der Waals surface area contributed by atoms with E-state index in [0.717, 1.165) is 41.8 Å². The number of hydrogen-bond acceptors (Lipinski definition) is 5. The Hall–Kier alpha value is -2.41. The average molecular weight is 328 g/mol. The molecule has 7 heteroatoms. The quantitative estimate of drug-likeness (QED) is 0.903. The molecule has 4 rings (SSSR count). The smallest absolute Gasteiger partial charge is 0.260 e. The number of carbonyl (C=O) groups excluding carboxylic acids is 1. The lowest BCUT2D eigenvalue weighted by molar-refractivity contribution is 0.0743. The lowest BCUT2D eigenvalue weighted by Gasteiger charge is -2.18. The van der Waals surface area contributed by atoms with Gasteiger partial charge in [-0.3, -0.25) is 9.48 Å². The van der Waals surface area contributed by atoms with E-state index in [-0.39, 0.29) is 12.5 Å². The summed E-state index contributed by atoms with van der Waals surface area (Å²) in [7, 11) is 1.55. The summed E-state index contributed by atoms with van der Waals surface area (Å²) in [4.78, 5) is 19.3. The number of aryl methyl sites for hydroxylation is 2. The van der Waals surface area contributed by atoms with Gasteiger partial charge < -0.3 is 14.7 Å². The highest BCUT2D eigenvalue weighted by Crippen LogP contribution is 2.30. The number of aliphatic hydroxyl groups excluding tert-OH is 1. The van der Waals surface area contributed by atoms with Crippen LogP contribution in [-0.2, 0) is 32.5 Å². The number of methoxy groups -OCH3 is 1. The highest BCUT2D eigenvalue weighted by molar-refractivity contribution is 5.97. The van der Waals surface area contributed by atoms with Crippen LogP contribution in [0, 0.1) is 0 Å². The number of aliphatic hydroxyl groups is 1. The van der Waals surface area contributed by atoms with Crippen LogP contribution >= 0.6 is 0 Å². The van der Waals surface area contributed by atoms with Gasteiger partial charge >= 0.3 is 0 Å². The van der Waals surface area contributed by atoms with E-state index in [2.05, 4.69) is 10.1 Å². The second-order valence-corrected chi connectivity index (χ2v) is 6.23. The maximum absolute atomic E-state index is 13.0. The molecule has 1 N–H and O–H groups in total. The maximum Gasteiger partial charge on any atom is 0.260 e. The van der Waals surface area contributed by atoms with Crippen LogP contribution in [0.4, 0.5) is 0 Å². The summed E-state index contributed by atoms with van der Waals surface area (Å²) in [5.41, 5.74) is 4.76. The Morgan fingerprint density at radius 2 is 2.21 bits per heavy atom. The Morgan fingerprint density at radius 3 is 3.00 bits per heavy atom. The number of aromatic nitrogens is 3. The van der Waals surface area contributed by atoms with Crippen molar-refractivity contribution < 1.29 is 14.6 Å². The molecule has 0 unspecified atom stereocenters. The molecule has 1 amide bonds. The van der Waals surface area contributed by atoms with Crippen molar-refractivity contribution in [1.29, 1.82) is 0 Å². The first-order valence-electron chi connectivity index (χ1n) is 8.21. The van der Waals surface area contributed by atoms with E-state index in [4.69, 9.17) is 9.84 Å². The van der Waals surface area contributed by atoms with Crippen molar-refractivity contribution in [3.05, 3.63) is 40.3 Å². The molecule has 0 radical (unpaired) electrons. The molecule has 0 aromatic carbocycles. The molecular weight excluding hydrogens is 308 g/mol. The summed E-state index contributed by atoms with van der Waals surface area (Å²) in [6, 6.07) is 1.94. The van der Waals surface area contributed by atoms with Crippen molar-refractivity contribution in [2.45, 2.75) is 38.9 Å². The zero-order valence-corrected chi connectivity index (χ0v) is 13.7. The van der Waals surface area contributed by atoms with E-state index in [9.17, 15) is 4.79 Å². The summed E-state index contributed by atoms with van der Waals surface area (Å²) in [5, 5.41) is 13.4. The Bertz CT molecular complexity index is 799. The fraction of sp³-hybridized carbons (Fsp3) is 0.471. The third-order valence-corrected chi connectivity index (χ3v) is 4.78. The van der Waals surface area contributed by atoms with Crippen LogP contribution in [0.1, 0.15) is 39.3 Å². The Kier molecular flexibility index (Phi) is 3.72. The zero-order valence-electron chi connectivity index (χ0n) is 13.7. The van der Waals surface area contributed by atoms with E-state index in [1.165, 1.54) is 0 Å². The van der Waals surface area contributed by atoms with Gasteiger partial charge in [0, 0.05) is 17.8 Å². The fourth-order valence-corrected chi connectivity index (χ4v) is 3.57. The van der Waals surface area contributed by atoms with Crippen LogP contribution in [0.15, 0.2) is 12.3 Å². The number of amides is 1. The molecular formula is C17H20N4O3. The summed E-state index contributed by atoms with van der Waals surface area (Å²) in [6.45, 7) is 1.50. The number of nitrogens with zero attached hydrogens (tertiary/aromatic N) is 4. The Morgan fingerprint density at radius 1 is 1.33 bits per heavy atom. The van der Waals surface area contributed by atoms with E-state index in [1.54, 1.807) is 22.9 Å². The van der Waals surface area contributed by atoms with Crippen molar-refractivity contribution in [1.82, 2.24) is 19.7 Å². The van der Waals surface area contributed by atoms with Crippen molar-refractivity contribution in [3.63, 3.8) is 0 Å². The maximum atomic E-state index is 13.0. The predicted molar refractivity (Wildman–Crippen MR) is 85.7 cm³/mol. The van der Waals surface area contributed by atoms with E-state index in [0.29, 0.717) is 31.1 Å². The molecule has 7 nitrogen and oxygen atoms in total. The zero-order chi connectivity index (χ0) is 16.7. The summed E-state index contributed by atoms with van der Waals surface area (Å²) >= 11 is 0. The molecule has 0 fully saturated rings. The van der Waals surface area contributed by atoms with Gasteiger partial charge in [0.1, 0.15) is 5.56 Å². The van der Waals surface area contributed by atoms with Crippen LogP contribution in [-0.4, -0.2) is 44.4 Å². The van der Waals surface area contributed by atoms with Gasteiger partial charge in [-0.05, 0) is 30.9 Å². The number of fused-ring (bicyclic) bond motifs is 2. The molecule has 24 heavy (non-hydrogen) atoms. The first kappa shape index (κ1) is 15.1. The Balaban J connectivity index is 1.61. The van der Waals surface area contributed by atoms with Crippen molar-refractivity contribution >= 4 is 5.91 Å². The lowest BCUT2D eigenvalue weighted by atomic mass is 10.1. The molecule has 1 aliphatic heterocycles. The number of ether oxygens (including phenoxy) is 1. The van der Waals surface area contributed by atoms with Crippen LogP contribution in [0.25, 0.3) is 0 Å². The molecule has 0 atom stereocenters. The van der Waals surface area contributed by atoms with Gasteiger partial charge in [0.15, 0.2) is 0 Å². The summed E-state index contributed by atoms with van der Waals surface area (Å²) in [6.07, 6.45) is 4.77. The van der Waals surface area contributed by atoms with Crippen molar-refractivity contribution in [2.24, 2.45) is 0 Å². The van der Waals surface area contributed by atoms with Gasteiger partial charge in [-0.15, -0.1) is 0 Å². The van der Waals surface area contributed by atoms with Gasteiger partial charge in [0.05, 0.1) is 38.7 Å².